The van der Waals surface area contributed by atoms with Crippen molar-refractivity contribution in [2.45, 2.75) is 25.1 Å². The molecular weight excluding hydrogens is 266 g/mol. The monoisotopic (exact) mass is 283 g/mol. The van der Waals surface area contributed by atoms with Gasteiger partial charge in [-0.25, -0.2) is 0 Å². The van der Waals surface area contributed by atoms with Gasteiger partial charge >= 0.3 is 11.9 Å². The lowest BCUT2D eigenvalue weighted by Gasteiger charge is -2.18. The van der Waals surface area contributed by atoms with Gasteiger partial charge in [0.15, 0.2) is 0 Å². The van der Waals surface area contributed by atoms with Crippen LogP contribution in [0.3, 0.4) is 0 Å². The van der Waals surface area contributed by atoms with Gasteiger partial charge in [0.05, 0.1) is 13.5 Å². The first-order valence-corrected chi connectivity index (χ1v) is 5.94. The fraction of sp³-hybridized carbons (Fsp3) is 0.385. The molecule has 0 aromatic heterocycles. The normalized spacial score (nSPS) is 13.5. The standard InChI is InChI=1S/C13H17NO6/c1-20-9-4-2-8(3-5-9)6-11(15)14-10(13(18)19)7-12(16)17/h2-5,10-11,14-15H,6-7H2,1H3,(H,16,17)(H,18,19). The van der Waals surface area contributed by atoms with Gasteiger partial charge in [0, 0.05) is 6.42 Å². The summed E-state index contributed by atoms with van der Waals surface area (Å²) < 4.78 is 4.99. The van der Waals surface area contributed by atoms with Crippen LogP contribution in [0.2, 0.25) is 0 Å². The number of carboxylic acids is 2. The van der Waals surface area contributed by atoms with Crippen molar-refractivity contribution in [3.63, 3.8) is 0 Å². The van der Waals surface area contributed by atoms with Crippen LogP contribution in [0.5, 0.6) is 5.75 Å². The van der Waals surface area contributed by atoms with Gasteiger partial charge in [-0.05, 0) is 17.7 Å². The molecule has 0 saturated heterocycles. The molecular formula is C13H17NO6. The second kappa shape index (κ2) is 7.46. The van der Waals surface area contributed by atoms with E-state index in [1.165, 1.54) is 7.11 Å². The average molecular weight is 283 g/mol. The number of ether oxygens (including phenoxy) is 1. The second-order valence-corrected chi connectivity index (χ2v) is 4.22. The Morgan fingerprint density at radius 3 is 2.30 bits per heavy atom. The highest BCUT2D eigenvalue weighted by Gasteiger charge is 2.23. The third kappa shape index (κ3) is 5.25. The van der Waals surface area contributed by atoms with E-state index in [1.807, 2.05) is 0 Å². The van der Waals surface area contributed by atoms with E-state index in [0.29, 0.717) is 5.75 Å². The molecule has 0 fully saturated rings. The Labute approximate surface area is 115 Å². The molecule has 4 N–H and O–H groups in total. The number of rotatable bonds is 8. The highest BCUT2D eigenvalue weighted by Crippen LogP contribution is 2.12. The first kappa shape index (κ1) is 15.9. The summed E-state index contributed by atoms with van der Waals surface area (Å²) in [4.78, 5) is 21.4. The summed E-state index contributed by atoms with van der Waals surface area (Å²) >= 11 is 0. The van der Waals surface area contributed by atoms with Crippen molar-refractivity contribution in [3.8, 4) is 5.75 Å². The number of aliphatic hydroxyl groups excluding tert-OH is 1. The summed E-state index contributed by atoms with van der Waals surface area (Å²) in [5.41, 5.74) is 0.769. The number of carboxylic acid groups (broad SMARTS) is 2. The van der Waals surface area contributed by atoms with Crippen LogP contribution in [0, 0.1) is 0 Å². The van der Waals surface area contributed by atoms with Crippen LogP contribution in [0.25, 0.3) is 0 Å². The van der Waals surface area contributed by atoms with E-state index in [1.54, 1.807) is 24.3 Å². The third-order valence-electron chi connectivity index (χ3n) is 2.66. The zero-order valence-corrected chi connectivity index (χ0v) is 10.9. The Kier molecular flexibility index (Phi) is 5.95. The van der Waals surface area contributed by atoms with E-state index in [0.717, 1.165) is 5.56 Å². The van der Waals surface area contributed by atoms with E-state index in [9.17, 15) is 14.7 Å². The molecule has 1 rings (SSSR count). The van der Waals surface area contributed by atoms with E-state index in [2.05, 4.69) is 5.32 Å². The van der Waals surface area contributed by atoms with Crippen molar-refractivity contribution >= 4 is 11.9 Å². The Morgan fingerprint density at radius 1 is 1.25 bits per heavy atom. The molecule has 0 amide bonds. The van der Waals surface area contributed by atoms with Crippen LogP contribution in [-0.4, -0.2) is 46.6 Å². The zero-order chi connectivity index (χ0) is 15.1. The molecule has 0 aliphatic rings. The molecule has 0 saturated carbocycles. The maximum Gasteiger partial charge on any atom is 0.321 e. The van der Waals surface area contributed by atoms with Gasteiger partial charge in [0.2, 0.25) is 0 Å². The van der Waals surface area contributed by atoms with Gasteiger partial charge in [-0.3, -0.25) is 14.9 Å². The first-order chi connectivity index (χ1) is 9.42. The summed E-state index contributed by atoms with van der Waals surface area (Å²) in [6, 6.07) is 5.57. The smallest absolute Gasteiger partial charge is 0.321 e. The van der Waals surface area contributed by atoms with E-state index in [-0.39, 0.29) is 6.42 Å². The first-order valence-electron chi connectivity index (χ1n) is 5.94. The molecule has 110 valence electrons. The Hall–Kier alpha value is -2.12. The summed E-state index contributed by atoms with van der Waals surface area (Å²) in [7, 11) is 1.54. The van der Waals surface area contributed by atoms with Gasteiger partial charge in [0.25, 0.3) is 0 Å². The van der Waals surface area contributed by atoms with Crippen LogP contribution in [0.15, 0.2) is 24.3 Å². The molecule has 0 aliphatic carbocycles. The molecule has 7 heteroatoms. The molecule has 0 bridgehead atoms. The fourth-order valence-corrected chi connectivity index (χ4v) is 1.67. The zero-order valence-electron chi connectivity index (χ0n) is 10.9. The Balaban J connectivity index is 2.57. The number of methoxy groups -OCH3 is 1. The van der Waals surface area contributed by atoms with E-state index >= 15 is 0 Å². The number of nitrogens with one attached hydrogen (secondary N) is 1. The SMILES string of the molecule is COc1ccc(CC(O)NC(CC(=O)O)C(=O)O)cc1. The van der Waals surface area contributed by atoms with Crippen LogP contribution >= 0.6 is 0 Å². The maximum atomic E-state index is 10.9. The van der Waals surface area contributed by atoms with E-state index in [4.69, 9.17) is 14.9 Å². The largest absolute Gasteiger partial charge is 0.497 e. The van der Waals surface area contributed by atoms with Crippen molar-refractivity contribution in [1.29, 1.82) is 0 Å². The molecule has 0 radical (unpaired) electrons. The lowest BCUT2D eigenvalue weighted by Crippen LogP contribution is -2.45. The lowest BCUT2D eigenvalue weighted by atomic mass is 10.1. The van der Waals surface area contributed by atoms with Crippen LogP contribution in [0.4, 0.5) is 0 Å². The maximum absolute atomic E-state index is 10.9. The molecule has 2 unspecified atom stereocenters. The highest BCUT2D eigenvalue weighted by molar-refractivity contribution is 5.80. The molecule has 0 heterocycles. The quantitative estimate of drug-likeness (QED) is 0.499. The minimum atomic E-state index is -1.33. The van der Waals surface area contributed by atoms with Crippen LogP contribution in [0.1, 0.15) is 12.0 Å². The number of hydrogen-bond donors (Lipinski definition) is 4. The van der Waals surface area contributed by atoms with Gasteiger partial charge in [-0.15, -0.1) is 0 Å². The lowest BCUT2D eigenvalue weighted by molar-refractivity contribution is -0.146. The third-order valence-corrected chi connectivity index (χ3v) is 2.66. The molecule has 2 atom stereocenters. The minimum absolute atomic E-state index is 0.160. The van der Waals surface area contributed by atoms with E-state index < -0.39 is 30.6 Å². The van der Waals surface area contributed by atoms with Crippen molar-refractivity contribution in [1.82, 2.24) is 5.32 Å². The van der Waals surface area contributed by atoms with Gasteiger partial charge in [-0.2, -0.15) is 0 Å². The Morgan fingerprint density at radius 2 is 1.85 bits per heavy atom. The fourth-order valence-electron chi connectivity index (χ4n) is 1.67. The molecule has 20 heavy (non-hydrogen) atoms. The topological polar surface area (TPSA) is 116 Å². The summed E-state index contributed by atoms with van der Waals surface area (Å²) in [5, 5.41) is 29.6. The highest BCUT2D eigenvalue weighted by atomic mass is 16.5. The number of carbonyl (C=O) groups is 2. The minimum Gasteiger partial charge on any atom is -0.497 e. The van der Waals surface area contributed by atoms with Gasteiger partial charge in [0.1, 0.15) is 18.0 Å². The second-order valence-electron chi connectivity index (χ2n) is 4.22. The summed E-state index contributed by atoms with van der Waals surface area (Å²) in [5.74, 6) is -1.90. The number of aliphatic hydroxyl groups is 1. The van der Waals surface area contributed by atoms with Crippen LogP contribution < -0.4 is 10.1 Å². The van der Waals surface area contributed by atoms with Gasteiger partial charge in [-0.1, -0.05) is 12.1 Å². The summed E-state index contributed by atoms with van der Waals surface area (Å²) in [6.07, 6.45) is -1.59. The van der Waals surface area contributed by atoms with Crippen molar-refractivity contribution in [2.75, 3.05) is 7.11 Å². The number of benzene rings is 1. The number of hydrogen-bond acceptors (Lipinski definition) is 5. The average Bonchev–Trinajstić information content (AvgIpc) is 2.38. The molecule has 0 aliphatic heterocycles. The predicted octanol–water partition coefficient (Wildman–Crippen LogP) is 0.0736. The predicted molar refractivity (Wildman–Crippen MR) is 69.5 cm³/mol. The van der Waals surface area contributed by atoms with Crippen molar-refractivity contribution in [3.05, 3.63) is 29.8 Å². The van der Waals surface area contributed by atoms with Gasteiger partial charge < -0.3 is 20.1 Å². The Bertz CT molecular complexity index is 458. The van der Waals surface area contributed by atoms with Crippen molar-refractivity contribution in [2.24, 2.45) is 0 Å². The molecule has 7 nitrogen and oxygen atoms in total. The molecule has 0 spiro atoms. The summed E-state index contributed by atoms with van der Waals surface area (Å²) in [6.45, 7) is 0. The number of aliphatic carboxylic acids is 2. The van der Waals surface area contributed by atoms with Crippen molar-refractivity contribution < 1.29 is 29.6 Å². The molecule has 1 aromatic rings. The van der Waals surface area contributed by atoms with Crippen LogP contribution in [-0.2, 0) is 16.0 Å². The molecule has 1 aromatic carbocycles.